The average molecular weight is 552 g/mol. The predicted octanol–water partition coefficient (Wildman–Crippen LogP) is 5.04. The Kier molecular flexibility index (Phi) is 8.42. The lowest BCUT2D eigenvalue weighted by atomic mass is 10.0. The second-order valence-electron chi connectivity index (χ2n) is 8.93. The first-order valence-corrected chi connectivity index (χ1v) is 13.8. The molecule has 0 aromatic heterocycles. The molecule has 10 heteroatoms. The third kappa shape index (κ3) is 6.30. The van der Waals surface area contributed by atoms with Gasteiger partial charge in [-0.25, -0.2) is 17.5 Å². The van der Waals surface area contributed by atoms with Crippen LogP contribution in [0.4, 0.5) is 15.8 Å². The van der Waals surface area contributed by atoms with E-state index in [0.717, 1.165) is 43.1 Å². The van der Waals surface area contributed by atoms with Gasteiger partial charge in [0.2, 0.25) is 10.0 Å². The van der Waals surface area contributed by atoms with Gasteiger partial charge in [-0.05, 0) is 60.2 Å². The van der Waals surface area contributed by atoms with Crippen LogP contribution in [0.15, 0.2) is 71.6 Å². The summed E-state index contributed by atoms with van der Waals surface area (Å²) in [5.41, 5.74) is 3.04. The second kappa shape index (κ2) is 11.4. The standard InChI is InChI=1S/C26H29Cl2FN4O2S/c1-31(2)22-8-3-19(4-9-22)25(18-30-36(34,35)26-17-20(27)5-12-24(26)28)33-15-13-32(14-16-33)23-10-6-21(29)7-11-23/h3-12,17,25,30H,13-16,18H2,1-2H3. The van der Waals surface area contributed by atoms with Crippen LogP contribution in [0, 0.1) is 5.82 Å². The average Bonchev–Trinajstić information content (AvgIpc) is 2.86. The van der Waals surface area contributed by atoms with Crippen molar-refractivity contribution in [3.8, 4) is 0 Å². The summed E-state index contributed by atoms with van der Waals surface area (Å²) in [5, 5.41) is 0.416. The molecule has 36 heavy (non-hydrogen) atoms. The maximum absolute atomic E-state index is 13.3. The van der Waals surface area contributed by atoms with Crippen molar-refractivity contribution in [2.45, 2.75) is 10.9 Å². The van der Waals surface area contributed by atoms with Gasteiger partial charge in [0, 0.05) is 69.3 Å². The molecule has 0 spiro atoms. The van der Waals surface area contributed by atoms with Gasteiger partial charge in [0.15, 0.2) is 0 Å². The predicted molar refractivity (Wildman–Crippen MR) is 145 cm³/mol. The van der Waals surface area contributed by atoms with E-state index in [9.17, 15) is 12.8 Å². The molecule has 192 valence electrons. The summed E-state index contributed by atoms with van der Waals surface area (Å²) in [6.07, 6.45) is 0. The zero-order chi connectivity index (χ0) is 25.9. The third-order valence-electron chi connectivity index (χ3n) is 6.39. The lowest BCUT2D eigenvalue weighted by molar-refractivity contribution is 0.187. The Labute approximate surface area is 222 Å². The molecule has 1 fully saturated rings. The van der Waals surface area contributed by atoms with Crippen molar-refractivity contribution in [3.63, 3.8) is 0 Å². The van der Waals surface area contributed by atoms with Crippen molar-refractivity contribution in [2.24, 2.45) is 0 Å². The summed E-state index contributed by atoms with van der Waals surface area (Å²) in [7, 11) is 0.0706. The third-order valence-corrected chi connectivity index (χ3v) is 8.53. The normalized spacial score (nSPS) is 15.6. The Hall–Kier alpha value is -2.36. The molecule has 1 N–H and O–H groups in total. The van der Waals surface area contributed by atoms with Crippen LogP contribution < -0.4 is 14.5 Å². The minimum absolute atomic E-state index is 0.0421. The van der Waals surface area contributed by atoms with E-state index in [2.05, 4.69) is 14.5 Å². The minimum Gasteiger partial charge on any atom is -0.378 e. The SMILES string of the molecule is CN(C)c1ccc(C(CNS(=O)(=O)c2cc(Cl)ccc2Cl)N2CCN(c3ccc(F)cc3)CC2)cc1. The van der Waals surface area contributed by atoms with E-state index in [1.165, 1.54) is 24.3 Å². The number of anilines is 2. The van der Waals surface area contributed by atoms with Gasteiger partial charge in [-0.1, -0.05) is 35.3 Å². The highest BCUT2D eigenvalue weighted by Gasteiger charge is 2.28. The van der Waals surface area contributed by atoms with E-state index in [4.69, 9.17) is 23.2 Å². The molecule has 1 aliphatic rings. The van der Waals surface area contributed by atoms with Crippen LogP contribution in [0.1, 0.15) is 11.6 Å². The van der Waals surface area contributed by atoms with Crippen molar-refractivity contribution in [1.82, 2.24) is 9.62 Å². The van der Waals surface area contributed by atoms with Crippen LogP contribution in [0.5, 0.6) is 0 Å². The van der Waals surface area contributed by atoms with Gasteiger partial charge in [0.25, 0.3) is 0 Å². The molecule has 1 atom stereocenters. The Morgan fingerprint density at radius 1 is 0.944 bits per heavy atom. The van der Waals surface area contributed by atoms with Crippen LogP contribution in [0.25, 0.3) is 0 Å². The first-order valence-electron chi connectivity index (χ1n) is 11.6. The van der Waals surface area contributed by atoms with Crippen LogP contribution in [0.2, 0.25) is 10.0 Å². The Balaban J connectivity index is 1.54. The summed E-state index contributed by atoms with van der Waals surface area (Å²) in [4.78, 5) is 6.45. The summed E-state index contributed by atoms with van der Waals surface area (Å²) < 4.78 is 42.3. The number of hydrogen-bond donors (Lipinski definition) is 1. The van der Waals surface area contributed by atoms with E-state index in [1.54, 1.807) is 18.2 Å². The second-order valence-corrected chi connectivity index (χ2v) is 11.5. The van der Waals surface area contributed by atoms with Gasteiger partial charge in [-0.3, -0.25) is 4.90 Å². The summed E-state index contributed by atoms with van der Waals surface area (Å²) in [5.74, 6) is -0.259. The Bertz CT molecular complexity index is 1280. The maximum Gasteiger partial charge on any atom is 0.242 e. The quantitative estimate of drug-likeness (QED) is 0.425. The molecule has 4 rings (SSSR count). The molecule has 0 radical (unpaired) electrons. The van der Waals surface area contributed by atoms with Crippen molar-refractivity contribution >= 4 is 44.6 Å². The van der Waals surface area contributed by atoms with E-state index < -0.39 is 10.0 Å². The van der Waals surface area contributed by atoms with Gasteiger partial charge in [0.1, 0.15) is 10.7 Å². The zero-order valence-corrected chi connectivity index (χ0v) is 22.5. The fourth-order valence-corrected chi connectivity index (χ4v) is 6.14. The first-order chi connectivity index (χ1) is 17.1. The summed E-state index contributed by atoms with van der Waals surface area (Å²) in [6.45, 7) is 3.09. The molecule has 6 nitrogen and oxygen atoms in total. The highest BCUT2D eigenvalue weighted by Crippen LogP contribution is 2.28. The minimum atomic E-state index is -3.88. The summed E-state index contributed by atoms with van der Waals surface area (Å²) >= 11 is 12.2. The number of benzene rings is 3. The molecule has 1 saturated heterocycles. The molecular weight excluding hydrogens is 522 g/mol. The van der Waals surface area contributed by atoms with Gasteiger partial charge in [0.05, 0.1) is 5.02 Å². The van der Waals surface area contributed by atoms with Gasteiger partial charge in [-0.2, -0.15) is 0 Å². The number of hydrogen-bond acceptors (Lipinski definition) is 5. The van der Waals surface area contributed by atoms with Crippen molar-refractivity contribution in [2.75, 3.05) is 56.6 Å². The van der Waals surface area contributed by atoms with Crippen molar-refractivity contribution < 1.29 is 12.8 Å². The molecular formula is C26H29Cl2FN4O2S. The lowest BCUT2D eigenvalue weighted by Gasteiger charge is -2.40. The molecule has 0 amide bonds. The van der Waals surface area contributed by atoms with Crippen LogP contribution >= 0.6 is 23.2 Å². The van der Waals surface area contributed by atoms with E-state index in [1.807, 2.05) is 43.3 Å². The molecule has 0 aliphatic carbocycles. The first kappa shape index (κ1) is 26.7. The van der Waals surface area contributed by atoms with Crippen molar-refractivity contribution in [3.05, 3.63) is 88.2 Å². The number of halogens is 3. The number of piperazine rings is 1. The van der Waals surface area contributed by atoms with Gasteiger partial charge >= 0.3 is 0 Å². The number of nitrogens with one attached hydrogen (secondary N) is 1. The fourth-order valence-electron chi connectivity index (χ4n) is 4.35. The molecule has 1 unspecified atom stereocenters. The topological polar surface area (TPSA) is 55.9 Å². The zero-order valence-electron chi connectivity index (χ0n) is 20.2. The largest absolute Gasteiger partial charge is 0.378 e. The van der Waals surface area contributed by atoms with E-state index in [-0.39, 0.29) is 28.3 Å². The Morgan fingerprint density at radius 2 is 1.58 bits per heavy atom. The van der Waals surface area contributed by atoms with Crippen LogP contribution in [0.3, 0.4) is 0 Å². The highest BCUT2D eigenvalue weighted by atomic mass is 35.5. The van der Waals surface area contributed by atoms with Crippen LogP contribution in [-0.4, -0.2) is 60.1 Å². The molecule has 1 aliphatic heterocycles. The number of sulfonamides is 1. The van der Waals surface area contributed by atoms with Gasteiger partial charge in [-0.15, -0.1) is 0 Å². The molecule has 3 aromatic rings. The highest BCUT2D eigenvalue weighted by molar-refractivity contribution is 7.89. The summed E-state index contributed by atoms with van der Waals surface area (Å²) in [6, 6.07) is 18.8. The van der Waals surface area contributed by atoms with Crippen molar-refractivity contribution in [1.29, 1.82) is 0 Å². The lowest BCUT2D eigenvalue weighted by Crippen LogP contribution is -2.50. The fraction of sp³-hybridized carbons (Fsp3) is 0.308. The van der Waals surface area contributed by atoms with E-state index >= 15 is 0 Å². The van der Waals surface area contributed by atoms with Crippen LogP contribution in [-0.2, 0) is 10.0 Å². The molecule has 0 bridgehead atoms. The molecule has 1 heterocycles. The Morgan fingerprint density at radius 3 is 2.19 bits per heavy atom. The monoisotopic (exact) mass is 550 g/mol. The van der Waals surface area contributed by atoms with E-state index in [0.29, 0.717) is 5.02 Å². The molecule has 3 aromatic carbocycles. The smallest absolute Gasteiger partial charge is 0.242 e. The molecule has 0 saturated carbocycles. The maximum atomic E-state index is 13.3. The number of rotatable bonds is 8. The van der Waals surface area contributed by atoms with Gasteiger partial charge < -0.3 is 9.80 Å². The number of nitrogens with zero attached hydrogens (tertiary/aromatic N) is 3.